The number of likely N-dealkylation sites (tertiary alicyclic amines) is 1. The van der Waals surface area contributed by atoms with E-state index in [4.69, 9.17) is 0 Å². The first-order valence-corrected chi connectivity index (χ1v) is 12.0. The minimum absolute atomic E-state index is 0.0703. The summed E-state index contributed by atoms with van der Waals surface area (Å²) in [7, 11) is 0. The van der Waals surface area contributed by atoms with Crippen molar-refractivity contribution in [3.05, 3.63) is 46.0 Å². The fraction of sp³-hybridized carbons (Fsp3) is 0.500. The molecule has 7 nitrogen and oxygen atoms in total. The van der Waals surface area contributed by atoms with Crippen molar-refractivity contribution in [3.63, 3.8) is 0 Å². The standard InChI is InChI=1S/C24H29N5O2S/c1-23(2,3)19-5-4-18(32-19)22(31)29-13-24(14-29)9-6-15(7-10-24)26-21(30)20-16-12-25-11-8-17(16)27-28-20/h4-5,8,11-12,15H,6-7,9-10,13-14H2,1-3H3,(H,26,30)(H,27,28). The van der Waals surface area contributed by atoms with E-state index in [1.54, 1.807) is 23.7 Å². The molecule has 0 unspecified atom stereocenters. The molecular formula is C24H29N5O2S. The second kappa shape index (κ2) is 7.69. The SMILES string of the molecule is CC(C)(C)c1ccc(C(=O)N2CC3(CCC(NC(=O)c4n[nH]c5ccncc45)CC3)C2)s1. The second-order valence-corrected chi connectivity index (χ2v) is 11.4. The molecule has 2 amide bonds. The average molecular weight is 452 g/mol. The molecule has 4 heterocycles. The number of H-pyrrole nitrogens is 1. The highest BCUT2D eigenvalue weighted by Crippen LogP contribution is 2.45. The number of aromatic nitrogens is 3. The zero-order valence-electron chi connectivity index (χ0n) is 18.8. The van der Waals surface area contributed by atoms with Crippen LogP contribution in [0.4, 0.5) is 0 Å². The number of hydrogen-bond acceptors (Lipinski definition) is 5. The lowest BCUT2D eigenvalue weighted by atomic mass is 9.67. The number of carbonyl (C=O) groups is 2. The summed E-state index contributed by atoms with van der Waals surface area (Å²) in [5.41, 5.74) is 1.50. The number of carbonyl (C=O) groups excluding carboxylic acids is 2. The fourth-order valence-corrected chi connectivity index (χ4v) is 5.93. The summed E-state index contributed by atoms with van der Waals surface area (Å²) in [6, 6.07) is 6.01. The molecule has 2 fully saturated rings. The van der Waals surface area contributed by atoms with Gasteiger partial charge in [0.1, 0.15) is 0 Å². The number of nitrogens with one attached hydrogen (secondary N) is 2. The average Bonchev–Trinajstić information content (AvgIpc) is 3.40. The van der Waals surface area contributed by atoms with E-state index in [1.807, 2.05) is 17.0 Å². The van der Waals surface area contributed by atoms with E-state index in [0.717, 1.165) is 54.6 Å². The highest BCUT2D eigenvalue weighted by molar-refractivity contribution is 7.14. The van der Waals surface area contributed by atoms with E-state index in [9.17, 15) is 9.59 Å². The maximum Gasteiger partial charge on any atom is 0.272 e. The van der Waals surface area contributed by atoms with Crippen LogP contribution in [0.15, 0.2) is 30.6 Å². The van der Waals surface area contributed by atoms with Crippen LogP contribution in [0.3, 0.4) is 0 Å². The number of thiophene rings is 1. The lowest BCUT2D eigenvalue weighted by Gasteiger charge is -2.53. The van der Waals surface area contributed by atoms with Crippen molar-refractivity contribution in [3.8, 4) is 0 Å². The summed E-state index contributed by atoms with van der Waals surface area (Å²) in [5, 5.41) is 11.0. The maximum absolute atomic E-state index is 12.9. The Labute approximate surface area is 191 Å². The minimum Gasteiger partial charge on any atom is -0.348 e. The van der Waals surface area contributed by atoms with Gasteiger partial charge < -0.3 is 10.2 Å². The van der Waals surface area contributed by atoms with Crippen LogP contribution in [-0.2, 0) is 5.41 Å². The van der Waals surface area contributed by atoms with Gasteiger partial charge in [-0.1, -0.05) is 20.8 Å². The van der Waals surface area contributed by atoms with Crippen LogP contribution in [0.2, 0.25) is 0 Å². The van der Waals surface area contributed by atoms with Crippen molar-refractivity contribution in [1.29, 1.82) is 0 Å². The van der Waals surface area contributed by atoms with E-state index in [0.29, 0.717) is 5.69 Å². The Bertz CT molecular complexity index is 1160. The monoisotopic (exact) mass is 451 g/mol. The molecule has 0 atom stereocenters. The molecule has 1 aliphatic carbocycles. The maximum atomic E-state index is 12.9. The highest BCUT2D eigenvalue weighted by Gasteiger charge is 2.47. The van der Waals surface area contributed by atoms with Crippen molar-refractivity contribution < 1.29 is 9.59 Å². The number of amides is 2. The molecule has 2 N–H and O–H groups in total. The quantitative estimate of drug-likeness (QED) is 0.626. The summed E-state index contributed by atoms with van der Waals surface area (Å²) >= 11 is 1.62. The highest BCUT2D eigenvalue weighted by atomic mass is 32.1. The first-order valence-electron chi connectivity index (χ1n) is 11.2. The molecule has 5 rings (SSSR count). The molecule has 1 saturated carbocycles. The topological polar surface area (TPSA) is 91.0 Å². The summed E-state index contributed by atoms with van der Waals surface area (Å²) in [6.07, 6.45) is 7.27. The summed E-state index contributed by atoms with van der Waals surface area (Å²) < 4.78 is 0. The van der Waals surface area contributed by atoms with Crippen molar-refractivity contribution in [1.82, 2.24) is 25.4 Å². The molecule has 168 valence electrons. The molecule has 0 aromatic carbocycles. The predicted octanol–water partition coefficient (Wildman–Crippen LogP) is 4.13. The van der Waals surface area contributed by atoms with Gasteiger partial charge in [0.15, 0.2) is 5.69 Å². The zero-order valence-corrected chi connectivity index (χ0v) is 19.6. The molecule has 2 aliphatic rings. The van der Waals surface area contributed by atoms with Crippen LogP contribution < -0.4 is 5.32 Å². The predicted molar refractivity (Wildman–Crippen MR) is 125 cm³/mol. The number of aromatic amines is 1. The van der Waals surface area contributed by atoms with Crippen molar-refractivity contribution >= 4 is 34.1 Å². The van der Waals surface area contributed by atoms with Crippen LogP contribution in [0.25, 0.3) is 10.9 Å². The third kappa shape index (κ3) is 3.81. The lowest BCUT2D eigenvalue weighted by Crippen LogP contribution is -2.60. The summed E-state index contributed by atoms with van der Waals surface area (Å²) in [6.45, 7) is 8.17. The van der Waals surface area contributed by atoms with Gasteiger partial charge in [-0.05, 0) is 49.3 Å². The van der Waals surface area contributed by atoms with E-state index in [1.165, 1.54) is 4.88 Å². The van der Waals surface area contributed by atoms with E-state index >= 15 is 0 Å². The molecule has 0 bridgehead atoms. The van der Waals surface area contributed by atoms with E-state index in [-0.39, 0.29) is 28.7 Å². The Kier molecular flexibility index (Phi) is 5.08. The van der Waals surface area contributed by atoms with Crippen molar-refractivity contribution in [2.24, 2.45) is 5.41 Å². The Morgan fingerprint density at radius 2 is 1.94 bits per heavy atom. The molecule has 8 heteroatoms. The van der Waals surface area contributed by atoms with Gasteiger partial charge in [-0.3, -0.25) is 19.7 Å². The number of pyridine rings is 1. The molecule has 1 spiro atoms. The van der Waals surface area contributed by atoms with Crippen LogP contribution in [0.5, 0.6) is 0 Å². The Morgan fingerprint density at radius 1 is 1.19 bits per heavy atom. The van der Waals surface area contributed by atoms with Crippen LogP contribution in [0, 0.1) is 5.41 Å². The lowest BCUT2D eigenvalue weighted by molar-refractivity contribution is -0.0195. The molecule has 0 radical (unpaired) electrons. The van der Waals surface area contributed by atoms with E-state index in [2.05, 4.69) is 47.3 Å². The van der Waals surface area contributed by atoms with Gasteiger partial charge in [0.2, 0.25) is 0 Å². The van der Waals surface area contributed by atoms with Gasteiger partial charge in [-0.15, -0.1) is 11.3 Å². The fourth-order valence-electron chi connectivity index (χ4n) is 4.89. The zero-order chi connectivity index (χ0) is 22.5. The van der Waals surface area contributed by atoms with E-state index < -0.39 is 0 Å². The second-order valence-electron chi connectivity index (χ2n) is 10.3. The Hall–Kier alpha value is -2.74. The van der Waals surface area contributed by atoms with Crippen molar-refractivity contribution in [2.75, 3.05) is 13.1 Å². The first-order chi connectivity index (χ1) is 15.2. The normalized spacial score (nSPS) is 18.7. The number of hydrogen-bond donors (Lipinski definition) is 2. The van der Waals surface area contributed by atoms with Gasteiger partial charge >= 0.3 is 0 Å². The van der Waals surface area contributed by atoms with Crippen LogP contribution >= 0.6 is 11.3 Å². The molecule has 3 aromatic heterocycles. The molecule has 1 aliphatic heterocycles. The summed E-state index contributed by atoms with van der Waals surface area (Å²) in [5.74, 6) is 0.00790. The number of rotatable bonds is 3. The Balaban J connectivity index is 1.14. The Morgan fingerprint density at radius 3 is 2.62 bits per heavy atom. The van der Waals surface area contributed by atoms with Gasteiger partial charge in [-0.2, -0.15) is 5.10 Å². The van der Waals surface area contributed by atoms with Crippen LogP contribution in [-0.4, -0.2) is 51.0 Å². The third-order valence-corrected chi connectivity index (χ3v) is 8.36. The molecule has 32 heavy (non-hydrogen) atoms. The minimum atomic E-state index is -0.150. The third-order valence-electron chi connectivity index (χ3n) is 6.86. The first kappa shape index (κ1) is 21.1. The number of fused-ring (bicyclic) bond motifs is 1. The van der Waals surface area contributed by atoms with Gasteiger partial charge in [0.25, 0.3) is 11.8 Å². The van der Waals surface area contributed by atoms with Gasteiger partial charge in [0.05, 0.1) is 15.8 Å². The smallest absolute Gasteiger partial charge is 0.272 e. The van der Waals surface area contributed by atoms with Gasteiger partial charge in [-0.25, -0.2) is 0 Å². The number of nitrogens with zero attached hydrogens (tertiary/aromatic N) is 3. The van der Waals surface area contributed by atoms with Gasteiger partial charge in [0, 0.05) is 41.8 Å². The molecule has 1 saturated heterocycles. The largest absolute Gasteiger partial charge is 0.348 e. The van der Waals surface area contributed by atoms with Crippen LogP contribution in [0.1, 0.15) is 71.5 Å². The summed E-state index contributed by atoms with van der Waals surface area (Å²) in [4.78, 5) is 33.8. The van der Waals surface area contributed by atoms with Crippen molar-refractivity contribution in [2.45, 2.75) is 57.9 Å². The molecule has 3 aromatic rings. The molecular weight excluding hydrogens is 422 g/mol.